The van der Waals surface area contributed by atoms with Gasteiger partial charge >= 0.3 is 0 Å². The second kappa shape index (κ2) is 6.66. The monoisotopic (exact) mass is 199 g/mol. The molecule has 0 spiro atoms. The van der Waals surface area contributed by atoms with Gasteiger partial charge in [-0.1, -0.05) is 31.9 Å². The van der Waals surface area contributed by atoms with Crippen LogP contribution >= 0.6 is 11.9 Å². The largest absolute Gasteiger partial charge is 0.506 e. The van der Waals surface area contributed by atoms with Crippen LogP contribution in [0.25, 0.3) is 0 Å². The van der Waals surface area contributed by atoms with E-state index in [1.54, 1.807) is 6.07 Å². The van der Waals surface area contributed by atoms with E-state index in [1.165, 1.54) is 11.9 Å². The van der Waals surface area contributed by atoms with E-state index in [-0.39, 0.29) is 0 Å². The summed E-state index contributed by atoms with van der Waals surface area (Å²) in [5.41, 5.74) is 1.91. The predicted octanol–water partition coefficient (Wildman–Crippen LogP) is 3.42. The first kappa shape index (κ1) is 12.2. The van der Waals surface area contributed by atoms with Gasteiger partial charge in [-0.05, 0) is 24.6 Å². The molecule has 74 valence electrons. The zero-order valence-electron chi connectivity index (χ0n) is 8.59. The summed E-state index contributed by atoms with van der Waals surface area (Å²) in [7, 11) is 0. The average molecular weight is 199 g/mol. The van der Waals surface area contributed by atoms with Crippen LogP contribution in [-0.4, -0.2) is 11.4 Å². The normalized spacial score (nSPS) is 8.62. The zero-order chi connectivity index (χ0) is 10.3. The fourth-order valence-electron chi connectivity index (χ4n) is 0.842. The third-order valence-corrected chi connectivity index (χ3v) is 1.79. The minimum Gasteiger partial charge on any atom is -0.506 e. The van der Waals surface area contributed by atoms with Crippen LogP contribution in [0.5, 0.6) is 5.75 Å². The number of anilines is 1. The molecule has 13 heavy (non-hydrogen) atoms. The number of aromatic hydroxyl groups is 1. The molecule has 0 bridgehead atoms. The topological polar surface area (TPSA) is 32.3 Å². The van der Waals surface area contributed by atoms with Crippen LogP contribution in [0.2, 0.25) is 0 Å². The number of nitrogens with one attached hydrogen (secondary N) is 1. The van der Waals surface area contributed by atoms with Crippen molar-refractivity contribution in [2.45, 2.75) is 20.8 Å². The maximum Gasteiger partial charge on any atom is 0.139 e. The van der Waals surface area contributed by atoms with Gasteiger partial charge in [0.1, 0.15) is 5.75 Å². The number of rotatable bonds is 2. The van der Waals surface area contributed by atoms with Gasteiger partial charge in [0, 0.05) is 6.26 Å². The van der Waals surface area contributed by atoms with E-state index in [4.69, 9.17) is 0 Å². The third-order valence-electron chi connectivity index (χ3n) is 1.36. The SMILES string of the molecule is CC.CSNc1cc(C)ccc1O. The molecular weight excluding hydrogens is 182 g/mol. The first-order valence-corrected chi connectivity index (χ1v) is 5.55. The lowest BCUT2D eigenvalue weighted by atomic mass is 10.2. The van der Waals surface area contributed by atoms with E-state index in [1.807, 2.05) is 39.2 Å². The van der Waals surface area contributed by atoms with Crippen molar-refractivity contribution in [1.82, 2.24) is 0 Å². The molecular formula is C10H17NOS. The van der Waals surface area contributed by atoms with E-state index >= 15 is 0 Å². The molecule has 0 aliphatic rings. The van der Waals surface area contributed by atoms with Crippen molar-refractivity contribution < 1.29 is 5.11 Å². The van der Waals surface area contributed by atoms with Crippen molar-refractivity contribution in [2.75, 3.05) is 11.0 Å². The quantitative estimate of drug-likeness (QED) is 0.565. The van der Waals surface area contributed by atoms with Gasteiger partial charge < -0.3 is 9.83 Å². The third kappa shape index (κ3) is 4.08. The standard InChI is InChI=1S/C8H11NOS.C2H6/c1-6-3-4-8(10)7(5-6)9-11-2;1-2/h3-5,9-10H,1-2H3;1-2H3. The van der Waals surface area contributed by atoms with E-state index in [9.17, 15) is 5.11 Å². The molecule has 1 aromatic rings. The average Bonchev–Trinajstić information content (AvgIpc) is 2.15. The Balaban J connectivity index is 0.000000671. The summed E-state index contributed by atoms with van der Waals surface area (Å²) in [5.74, 6) is 0.296. The van der Waals surface area contributed by atoms with Gasteiger partial charge in [0.2, 0.25) is 0 Å². The molecule has 3 heteroatoms. The highest BCUT2D eigenvalue weighted by atomic mass is 32.2. The molecule has 0 amide bonds. The van der Waals surface area contributed by atoms with Gasteiger partial charge in [0.25, 0.3) is 0 Å². The van der Waals surface area contributed by atoms with Gasteiger partial charge in [0.05, 0.1) is 5.69 Å². The molecule has 0 fully saturated rings. The first-order chi connectivity index (χ1) is 6.24. The molecule has 0 aromatic heterocycles. The van der Waals surface area contributed by atoms with Crippen LogP contribution < -0.4 is 4.72 Å². The molecule has 1 aromatic carbocycles. The summed E-state index contributed by atoms with van der Waals surface area (Å²) in [6.07, 6.45) is 1.92. The fourth-order valence-corrected chi connectivity index (χ4v) is 1.22. The smallest absolute Gasteiger partial charge is 0.139 e. The maximum atomic E-state index is 9.29. The van der Waals surface area contributed by atoms with Crippen LogP contribution in [0.3, 0.4) is 0 Å². The van der Waals surface area contributed by atoms with Gasteiger partial charge in [-0.3, -0.25) is 0 Å². The molecule has 0 heterocycles. The maximum absolute atomic E-state index is 9.29. The van der Waals surface area contributed by atoms with Crippen LogP contribution in [0.1, 0.15) is 19.4 Å². The highest BCUT2D eigenvalue weighted by Gasteiger charge is 1.97. The van der Waals surface area contributed by atoms with E-state index < -0.39 is 0 Å². The van der Waals surface area contributed by atoms with Gasteiger partial charge in [-0.2, -0.15) is 0 Å². The Labute approximate surface area is 84.5 Å². The lowest BCUT2D eigenvalue weighted by molar-refractivity contribution is 0.478. The van der Waals surface area contributed by atoms with Crippen LogP contribution in [0, 0.1) is 6.92 Å². The van der Waals surface area contributed by atoms with Gasteiger partial charge in [-0.25, -0.2) is 0 Å². The molecule has 1 rings (SSSR count). The Bertz CT molecular complexity index is 251. The lowest BCUT2D eigenvalue weighted by Crippen LogP contribution is -1.85. The summed E-state index contributed by atoms with van der Waals surface area (Å²) >= 11 is 1.47. The molecule has 0 aliphatic carbocycles. The number of hydrogen-bond acceptors (Lipinski definition) is 3. The number of hydrogen-bond donors (Lipinski definition) is 2. The van der Waals surface area contributed by atoms with Crippen LogP contribution in [0.15, 0.2) is 18.2 Å². The number of phenols is 1. The summed E-state index contributed by atoms with van der Waals surface area (Å²) in [5, 5.41) is 9.29. The molecule has 2 N–H and O–H groups in total. The molecule has 0 unspecified atom stereocenters. The van der Waals surface area contributed by atoms with Crippen molar-refractivity contribution in [3.05, 3.63) is 23.8 Å². The molecule has 0 saturated carbocycles. The van der Waals surface area contributed by atoms with Gasteiger partial charge in [-0.15, -0.1) is 0 Å². The predicted molar refractivity (Wildman–Crippen MR) is 61.3 cm³/mol. The second-order valence-electron chi connectivity index (χ2n) is 2.33. The minimum absolute atomic E-state index is 0.296. The highest BCUT2D eigenvalue weighted by Crippen LogP contribution is 2.25. The Morgan fingerprint density at radius 1 is 1.31 bits per heavy atom. The Hall–Kier alpha value is -0.830. The molecule has 0 radical (unpaired) electrons. The van der Waals surface area contributed by atoms with Gasteiger partial charge in [0.15, 0.2) is 0 Å². The number of aryl methyl sites for hydroxylation is 1. The lowest BCUT2D eigenvalue weighted by Gasteiger charge is -2.04. The van der Waals surface area contributed by atoms with E-state index in [2.05, 4.69) is 4.72 Å². The molecule has 0 atom stereocenters. The van der Waals surface area contributed by atoms with Crippen molar-refractivity contribution >= 4 is 17.6 Å². The zero-order valence-corrected chi connectivity index (χ0v) is 9.40. The number of benzene rings is 1. The Morgan fingerprint density at radius 2 is 1.92 bits per heavy atom. The second-order valence-corrected chi connectivity index (χ2v) is 2.94. The molecule has 0 saturated heterocycles. The van der Waals surface area contributed by atoms with Crippen LogP contribution in [0.4, 0.5) is 5.69 Å². The van der Waals surface area contributed by atoms with E-state index in [0.717, 1.165) is 11.3 Å². The highest BCUT2D eigenvalue weighted by molar-refractivity contribution is 7.99. The Morgan fingerprint density at radius 3 is 2.46 bits per heavy atom. The Kier molecular flexibility index (Phi) is 6.24. The van der Waals surface area contributed by atoms with E-state index in [0.29, 0.717) is 5.75 Å². The minimum atomic E-state index is 0.296. The summed E-state index contributed by atoms with van der Waals surface area (Å²) in [6, 6.07) is 5.47. The summed E-state index contributed by atoms with van der Waals surface area (Å²) in [6.45, 7) is 5.99. The van der Waals surface area contributed by atoms with Crippen molar-refractivity contribution in [3.63, 3.8) is 0 Å². The van der Waals surface area contributed by atoms with Crippen LogP contribution in [-0.2, 0) is 0 Å². The number of phenolic OH excluding ortho intramolecular Hbond substituents is 1. The first-order valence-electron chi connectivity index (χ1n) is 4.32. The van der Waals surface area contributed by atoms with Crippen molar-refractivity contribution in [2.24, 2.45) is 0 Å². The summed E-state index contributed by atoms with van der Waals surface area (Å²) < 4.78 is 2.98. The van der Waals surface area contributed by atoms with Crippen molar-refractivity contribution in [3.8, 4) is 5.75 Å². The molecule has 0 aliphatic heterocycles. The fraction of sp³-hybridized carbons (Fsp3) is 0.400. The summed E-state index contributed by atoms with van der Waals surface area (Å²) in [4.78, 5) is 0. The van der Waals surface area contributed by atoms with Crippen molar-refractivity contribution in [1.29, 1.82) is 0 Å². The molecule has 2 nitrogen and oxygen atoms in total.